The quantitative estimate of drug-likeness (QED) is 0.780. The van der Waals surface area contributed by atoms with Gasteiger partial charge in [-0.05, 0) is 38.0 Å². The van der Waals surface area contributed by atoms with E-state index in [-0.39, 0.29) is 11.6 Å². The highest BCUT2D eigenvalue weighted by atomic mass is 16.1. The number of rotatable bonds is 4. The van der Waals surface area contributed by atoms with Crippen molar-refractivity contribution >= 4 is 5.95 Å². The first-order valence-corrected chi connectivity index (χ1v) is 8.45. The molecule has 25 heavy (non-hydrogen) atoms. The Labute approximate surface area is 144 Å². The van der Waals surface area contributed by atoms with E-state index in [1.165, 1.54) is 6.07 Å². The molecule has 1 fully saturated rings. The standard InChI is InChI=1S/C17H19N7O/c1-2-23-16(13-6-3-4-10-18-13)21-22-17(23)24-11-5-7-14(24)12-8-9-15(25)20-19-12/h3-4,6,8-10,14H,2,5,7,11H2,1H3,(H,20,25). The van der Waals surface area contributed by atoms with Gasteiger partial charge in [-0.15, -0.1) is 10.2 Å². The maximum Gasteiger partial charge on any atom is 0.264 e. The van der Waals surface area contributed by atoms with Crippen LogP contribution in [0.15, 0.2) is 41.3 Å². The van der Waals surface area contributed by atoms with E-state index < -0.39 is 0 Å². The summed E-state index contributed by atoms with van der Waals surface area (Å²) in [5.41, 5.74) is 1.46. The number of hydrogen-bond acceptors (Lipinski definition) is 6. The van der Waals surface area contributed by atoms with Gasteiger partial charge in [-0.1, -0.05) is 6.07 Å². The van der Waals surface area contributed by atoms with Crippen LogP contribution in [0.4, 0.5) is 5.95 Å². The van der Waals surface area contributed by atoms with Gasteiger partial charge < -0.3 is 4.90 Å². The van der Waals surface area contributed by atoms with Gasteiger partial charge in [-0.25, -0.2) is 5.10 Å². The highest BCUT2D eigenvalue weighted by Gasteiger charge is 2.31. The first kappa shape index (κ1) is 15.5. The van der Waals surface area contributed by atoms with E-state index in [1.54, 1.807) is 12.3 Å². The van der Waals surface area contributed by atoms with Crippen molar-refractivity contribution in [3.8, 4) is 11.5 Å². The summed E-state index contributed by atoms with van der Waals surface area (Å²) < 4.78 is 2.08. The normalized spacial score (nSPS) is 17.2. The smallest absolute Gasteiger partial charge is 0.264 e. The topological polar surface area (TPSA) is 92.6 Å². The molecule has 1 saturated heterocycles. The van der Waals surface area contributed by atoms with Crippen molar-refractivity contribution in [3.63, 3.8) is 0 Å². The lowest BCUT2D eigenvalue weighted by atomic mass is 10.1. The van der Waals surface area contributed by atoms with Crippen molar-refractivity contribution in [1.82, 2.24) is 29.9 Å². The zero-order valence-corrected chi connectivity index (χ0v) is 14.0. The SMILES string of the molecule is CCn1c(-c2ccccn2)nnc1N1CCCC1c1ccc(=O)[nH]n1. The van der Waals surface area contributed by atoms with Gasteiger partial charge in [0.15, 0.2) is 5.82 Å². The molecule has 1 aliphatic heterocycles. The molecule has 4 heterocycles. The Balaban J connectivity index is 1.72. The third-order valence-corrected chi connectivity index (χ3v) is 4.49. The Hall–Kier alpha value is -3.03. The molecule has 0 amide bonds. The summed E-state index contributed by atoms with van der Waals surface area (Å²) in [4.78, 5) is 17.9. The molecule has 1 atom stereocenters. The van der Waals surface area contributed by atoms with Crippen molar-refractivity contribution in [2.45, 2.75) is 32.4 Å². The van der Waals surface area contributed by atoms with Crippen molar-refractivity contribution in [2.75, 3.05) is 11.4 Å². The zero-order chi connectivity index (χ0) is 17.2. The van der Waals surface area contributed by atoms with Crippen LogP contribution in [0.1, 0.15) is 31.5 Å². The summed E-state index contributed by atoms with van der Waals surface area (Å²) in [7, 11) is 0. The van der Waals surface area contributed by atoms with Crippen LogP contribution in [0.5, 0.6) is 0 Å². The van der Waals surface area contributed by atoms with E-state index in [2.05, 4.69) is 41.8 Å². The maximum atomic E-state index is 11.3. The molecule has 0 bridgehead atoms. The number of pyridine rings is 1. The van der Waals surface area contributed by atoms with Gasteiger partial charge in [0.05, 0.1) is 11.7 Å². The molecule has 128 valence electrons. The minimum atomic E-state index is -0.192. The Morgan fingerprint density at radius 1 is 1.24 bits per heavy atom. The molecule has 0 aromatic carbocycles. The molecular formula is C17H19N7O. The minimum Gasteiger partial charge on any atom is -0.332 e. The second-order valence-electron chi connectivity index (χ2n) is 5.98. The van der Waals surface area contributed by atoms with Gasteiger partial charge in [0.25, 0.3) is 5.56 Å². The van der Waals surface area contributed by atoms with Gasteiger partial charge in [0.1, 0.15) is 5.69 Å². The molecule has 0 aliphatic carbocycles. The maximum absolute atomic E-state index is 11.3. The van der Waals surface area contributed by atoms with Crippen LogP contribution in [-0.2, 0) is 6.54 Å². The molecule has 8 heteroatoms. The van der Waals surface area contributed by atoms with E-state index in [4.69, 9.17) is 0 Å². The summed E-state index contributed by atoms with van der Waals surface area (Å²) in [5.74, 6) is 1.58. The Morgan fingerprint density at radius 3 is 2.88 bits per heavy atom. The van der Waals surface area contributed by atoms with Crippen LogP contribution in [0, 0.1) is 0 Å². The summed E-state index contributed by atoms with van der Waals surface area (Å²) in [5, 5.41) is 15.5. The number of anilines is 1. The number of hydrogen-bond donors (Lipinski definition) is 1. The molecule has 4 rings (SSSR count). The lowest BCUT2D eigenvalue weighted by molar-refractivity contribution is 0.638. The van der Waals surface area contributed by atoms with E-state index in [9.17, 15) is 4.79 Å². The Bertz CT molecular complexity index is 898. The molecule has 0 radical (unpaired) electrons. The second-order valence-corrected chi connectivity index (χ2v) is 5.98. The second kappa shape index (κ2) is 6.46. The average Bonchev–Trinajstić information content (AvgIpc) is 3.29. The molecule has 0 saturated carbocycles. The predicted molar refractivity (Wildman–Crippen MR) is 93.1 cm³/mol. The highest BCUT2D eigenvalue weighted by Crippen LogP contribution is 2.35. The van der Waals surface area contributed by atoms with Crippen LogP contribution < -0.4 is 10.5 Å². The van der Waals surface area contributed by atoms with Crippen molar-refractivity contribution in [1.29, 1.82) is 0 Å². The highest BCUT2D eigenvalue weighted by molar-refractivity contribution is 5.53. The lowest BCUT2D eigenvalue weighted by Gasteiger charge is -2.25. The molecule has 8 nitrogen and oxygen atoms in total. The fourth-order valence-electron chi connectivity index (χ4n) is 3.34. The molecule has 3 aromatic rings. The van der Waals surface area contributed by atoms with E-state index in [1.807, 2.05) is 18.2 Å². The monoisotopic (exact) mass is 337 g/mol. The fourth-order valence-corrected chi connectivity index (χ4v) is 3.34. The van der Waals surface area contributed by atoms with E-state index in [0.29, 0.717) is 0 Å². The van der Waals surface area contributed by atoms with Crippen LogP contribution in [-0.4, -0.2) is 36.5 Å². The van der Waals surface area contributed by atoms with Crippen LogP contribution in [0.3, 0.4) is 0 Å². The van der Waals surface area contributed by atoms with Gasteiger partial charge in [-0.2, -0.15) is 5.10 Å². The third-order valence-electron chi connectivity index (χ3n) is 4.49. The Morgan fingerprint density at radius 2 is 2.16 bits per heavy atom. The zero-order valence-electron chi connectivity index (χ0n) is 14.0. The van der Waals surface area contributed by atoms with Gasteiger partial charge in [-0.3, -0.25) is 14.3 Å². The molecular weight excluding hydrogens is 318 g/mol. The minimum absolute atomic E-state index is 0.0860. The van der Waals surface area contributed by atoms with Crippen LogP contribution in [0.2, 0.25) is 0 Å². The molecule has 3 aromatic heterocycles. The summed E-state index contributed by atoms with van der Waals surface area (Å²) in [6.07, 6.45) is 3.77. The molecule has 1 aliphatic rings. The van der Waals surface area contributed by atoms with Gasteiger partial charge >= 0.3 is 0 Å². The fraction of sp³-hybridized carbons (Fsp3) is 0.353. The third kappa shape index (κ3) is 2.79. The number of H-pyrrole nitrogens is 1. The average molecular weight is 337 g/mol. The molecule has 1 unspecified atom stereocenters. The lowest BCUT2D eigenvalue weighted by Crippen LogP contribution is -2.27. The predicted octanol–water partition coefficient (Wildman–Crippen LogP) is 1.78. The summed E-state index contributed by atoms with van der Waals surface area (Å²) >= 11 is 0. The number of aromatic nitrogens is 6. The first-order chi connectivity index (χ1) is 12.3. The van der Waals surface area contributed by atoms with Crippen molar-refractivity contribution in [3.05, 3.63) is 52.6 Å². The van der Waals surface area contributed by atoms with Gasteiger partial charge in [0.2, 0.25) is 5.95 Å². The molecule has 0 spiro atoms. The largest absolute Gasteiger partial charge is 0.332 e. The summed E-state index contributed by atoms with van der Waals surface area (Å²) in [6.45, 7) is 3.70. The van der Waals surface area contributed by atoms with Crippen LogP contribution >= 0.6 is 0 Å². The number of nitrogens with zero attached hydrogens (tertiary/aromatic N) is 6. The van der Waals surface area contributed by atoms with Gasteiger partial charge in [0, 0.05) is 25.4 Å². The van der Waals surface area contributed by atoms with Crippen molar-refractivity contribution < 1.29 is 0 Å². The van der Waals surface area contributed by atoms with Crippen molar-refractivity contribution in [2.24, 2.45) is 0 Å². The summed E-state index contributed by atoms with van der Waals surface area (Å²) in [6, 6.07) is 9.15. The number of nitrogens with one attached hydrogen (secondary N) is 1. The first-order valence-electron chi connectivity index (χ1n) is 8.45. The van der Waals surface area contributed by atoms with E-state index >= 15 is 0 Å². The Kier molecular flexibility index (Phi) is 4.01. The van der Waals surface area contributed by atoms with Crippen LogP contribution in [0.25, 0.3) is 11.5 Å². The van der Waals surface area contributed by atoms with E-state index in [0.717, 1.165) is 49.1 Å². The number of aromatic amines is 1. The molecule has 1 N–H and O–H groups in total.